The zero-order valence-corrected chi connectivity index (χ0v) is 17.9. The highest BCUT2D eigenvalue weighted by molar-refractivity contribution is 6.31. The van der Waals surface area contributed by atoms with Gasteiger partial charge in [-0.1, -0.05) is 0 Å². The lowest BCUT2D eigenvalue weighted by Gasteiger charge is -2.29. The Kier molecular flexibility index (Phi) is 4.93. The highest BCUT2D eigenvalue weighted by Crippen LogP contribution is 2.57. The molecule has 1 aromatic rings. The maximum absolute atomic E-state index is 13.6. The Labute approximate surface area is 179 Å². The van der Waals surface area contributed by atoms with E-state index in [0.717, 1.165) is 12.8 Å². The minimum absolute atomic E-state index is 0.0226. The molecule has 2 atom stereocenters. The van der Waals surface area contributed by atoms with E-state index >= 15 is 0 Å². The van der Waals surface area contributed by atoms with E-state index in [0.29, 0.717) is 18.8 Å². The van der Waals surface area contributed by atoms with Crippen molar-refractivity contribution in [3.63, 3.8) is 0 Å². The zero-order chi connectivity index (χ0) is 22.7. The molecule has 0 saturated carbocycles. The van der Waals surface area contributed by atoms with Crippen LogP contribution in [0.1, 0.15) is 55.1 Å². The summed E-state index contributed by atoms with van der Waals surface area (Å²) >= 11 is 0. The average Bonchev–Trinajstić information content (AvgIpc) is 3.31. The van der Waals surface area contributed by atoms with Crippen LogP contribution in [0.2, 0.25) is 0 Å². The Hall–Kier alpha value is -3.13. The van der Waals surface area contributed by atoms with E-state index in [2.05, 4.69) is 5.32 Å². The molecule has 2 heterocycles. The van der Waals surface area contributed by atoms with Crippen molar-refractivity contribution in [2.45, 2.75) is 52.1 Å². The quantitative estimate of drug-likeness (QED) is 0.380. The first-order chi connectivity index (χ1) is 14.6. The lowest BCUT2D eigenvalue weighted by molar-refractivity contribution is -0.123. The molecule has 0 radical (unpaired) electrons. The number of rotatable bonds is 4. The number of allylic oxidation sites excluding steroid dienone is 4. The Balaban J connectivity index is 1.83. The van der Waals surface area contributed by atoms with Gasteiger partial charge in [-0.25, -0.2) is 0 Å². The van der Waals surface area contributed by atoms with E-state index in [4.69, 9.17) is 9.47 Å². The highest BCUT2D eigenvalue weighted by atomic mass is 16.5. The second-order valence-electron chi connectivity index (χ2n) is 8.40. The fourth-order valence-corrected chi connectivity index (χ4v) is 4.52. The molecule has 1 fully saturated rings. The predicted octanol–water partition coefficient (Wildman–Crippen LogP) is 2.34. The van der Waals surface area contributed by atoms with Gasteiger partial charge >= 0.3 is 0 Å². The smallest absolute Gasteiger partial charge is 0.194 e. The van der Waals surface area contributed by atoms with Crippen LogP contribution >= 0.6 is 0 Å². The van der Waals surface area contributed by atoms with Crippen LogP contribution in [-0.4, -0.2) is 46.8 Å². The summed E-state index contributed by atoms with van der Waals surface area (Å²) < 4.78 is 11.3. The van der Waals surface area contributed by atoms with Crippen molar-refractivity contribution in [2.75, 3.05) is 13.2 Å². The van der Waals surface area contributed by atoms with E-state index in [1.807, 2.05) is 0 Å². The van der Waals surface area contributed by atoms with Crippen molar-refractivity contribution in [1.82, 2.24) is 5.32 Å². The normalized spacial score (nSPS) is 26.2. The van der Waals surface area contributed by atoms with Crippen LogP contribution < -0.4 is 10.1 Å². The summed E-state index contributed by atoms with van der Waals surface area (Å²) in [7, 11) is 0. The van der Waals surface area contributed by atoms with Crippen LogP contribution in [0.4, 0.5) is 0 Å². The molecule has 4 rings (SSSR count). The molecule has 0 bridgehead atoms. The Morgan fingerprint density at radius 1 is 1.26 bits per heavy atom. The predicted molar refractivity (Wildman–Crippen MR) is 110 cm³/mol. The van der Waals surface area contributed by atoms with Gasteiger partial charge in [-0.05, 0) is 40.5 Å². The number of hydrogen-bond donors (Lipinski definition) is 3. The number of ether oxygens (including phenoxy) is 2. The molecule has 1 aliphatic carbocycles. The first-order valence-electron chi connectivity index (χ1n) is 10.2. The van der Waals surface area contributed by atoms with Gasteiger partial charge in [-0.3, -0.25) is 14.4 Å². The molecule has 1 aromatic carbocycles. The first-order valence-corrected chi connectivity index (χ1v) is 10.2. The van der Waals surface area contributed by atoms with Gasteiger partial charge in [0.15, 0.2) is 17.3 Å². The van der Waals surface area contributed by atoms with Crippen LogP contribution in [0.15, 0.2) is 23.1 Å². The highest BCUT2D eigenvalue weighted by Gasteiger charge is 2.56. The minimum atomic E-state index is -1.50. The van der Waals surface area contributed by atoms with E-state index in [1.165, 1.54) is 19.9 Å². The summed E-state index contributed by atoms with van der Waals surface area (Å²) in [4.78, 5) is 38.7. The number of hydrogen-bond acceptors (Lipinski definition) is 8. The third-order valence-electron chi connectivity index (χ3n) is 6.38. The molecule has 2 aliphatic heterocycles. The molecule has 3 N–H and O–H groups in total. The molecule has 3 aliphatic rings. The number of Topliss-reactive ketones (excluding diaryl/α,β-unsaturated/α-hetero) is 2. The summed E-state index contributed by atoms with van der Waals surface area (Å²) in [5.74, 6) is -2.35. The molecular weight excluding hydrogens is 402 g/mol. The van der Waals surface area contributed by atoms with Crippen LogP contribution in [0.3, 0.4) is 0 Å². The van der Waals surface area contributed by atoms with E-state index in [9.17, 15) is 24.6 Å². The largest absolute Gasteiger partial charge is 0.507 e. The van der Waals surface area contributed by atoms with Crippen molar-refractivity contribution in [3.05, 3.63) is 39.8 Å². The summed E-state index contributed by atoms with van der Waals surface area (Å²) in [5.41, 5.74) is -1.09. The molecule has 0 amide bonds. The average molecular weight is 427 g/mol. The number of nitrogens with one attached hydrogen (secondary N) is 1. The monoisotopic (exact) mass is 427 g/mol. The first kappa shape index (κ1) is 21.1. The maximum Gasteiger partial charge on any atom is 0.194 e. The molecule has 8 heteroatoms. The molecule has 0 aromatic heterocycles. The Morgan fingerprint density at radius 2 is 1.97 bits per heavy atom. The fraction of sp³-hybridized carbons (Fsp3) is 0.435. The molecule has 2 unspecified atom stereocenters. The maximum atomic E-state index is 13.6. The second-order valence-corrected chi connectivity index (χ2v) is 8.40. The standard InChI is InChI=1S/C23H25NO7/c1-10-19(27)17(12(3)25)21-18(20(10)28)23(4)15(31-21)8-14(26)16(22(23)29)11(2)24-9-13-6-5-7-30-13/h8,13,24,27-28H,5-7,9H2,1-4H3. The van der Waals surface area contributed by atoms with Gasteiger partial charge in [-0.15, -0.1) is 0 Å². The zero-order valence-electron chi connectivity index (χ0n) is 17.9. The minimum Gasteiger partial charge on any atom is -0.507 e. The SMILES string of the molecule is CC(=O)c1c(O)c(C)c(O)c2c1OC1=CC(=O)C(=C(C)NCC3CCCO3)C(=O)C12C. The van der Waals surface area contributed by atoms with Crippen molar-refractivity contribution >= 4 is 17.3 Å². The summed E-state index contributed by atoms with van der Waals surface area (Å²) in [5, 5.41) is 24.3. The van der Waals surface area contributed by atoms with Crippen molar-refractivity contribution in [3.8, 4) is 17.2 Å². The number of carbonyl (C=O) groups is 3. The van der Waals surface area contributed by atoms with Gasteiger partial charge in [0.25, 0.3) is 0 Å². The lowest BCUT2D eigenvalue weighted by Crippen LogP contribution is -2.41. The molecule has 1 saturated heterocycles. The van der Waals surface area contributed by atoms with E-state index in [1.54, 1.807) is 13.8 Å². The Bertz CT molecular complexity index is 1090. The van der Waals surface area contributed by atoms with Crippen LogP contribution in [-0.2, 0) is 19.7 Å². The Morgan fingerprint density at radius 3 is 2.58 bits per heavy atom. The van der Waals surface area contributed by atoms with E-state index in [-0.39, 0.29) is 45.6 Å². The van der Waals surface area contributed by atoms with Crippen LogP contribution in [0.5, 0.6) is 17.2 Å². The van der Waals surface area contributed by atoms with Crippen LogP contribution in [0, 0.1) is 6.92 Å². The molecule has 0 spiro atoms. The molecule has 8 nitrogen and oxygen atoms in total. The number of phenolic OH excluding ortho intramolecular Hbond substituents is 2. The second kappa shape index (κ2) is 7.23. The van der Waals surface area contributed by atoms with Gasteiger partial charge in [0, 0.05) is 30.5 Å². The number of fused-ring (bicyclic) bond motifs is 3. The summed E-state index contributed by atoms with van der Waals surface area (Å²) in [6, 6.07) is 0. The van der Waals surface area contributed by atoms with E-state index < -0.39 is 28.5 Å². The van der Waals surface area contributed by atoms with Gasteiger partial charge in [0.2, 0.25) is 0 Å². The number of ketones is 3. The summed E-state index contributed by atoms with van der Waals surface area (Å²) in [6.45, 7) is 7.08. The molecule has 164 valence electrons. The number of phenols is 2. The number of aromatic hydroxyl groups is 2. The van der Waals surface area contributed by atoms with Crippen molar-refractivity contribution in [2.24, 2.45) is 0 Å². The fourth-order valence-electron chi connectivity index (χ4n) is 4.52. The van der Waals surface area contributed by atoms with Crippen molar-refractivity contribution in [1.29, 1.82) is 0 Å². The number of carbonyl (C=O) groups excluding carboxylic acids is 3. The topological polar surface area (TPSA) is 122 Å². The van der Waals surface area contributed by atoms with Crippen LogP contribution in [0.25, 0.3) is 0 Å². The molecular formula is C23H25NO7. The van der Waals surface area contributed by atoms with Gasteiger partial charge < -0.3 is 25.0 Å². The number of benzene rings is 1. The van der Waals surface area contributed by atoms with Crippen molar-refractivity contribution < 1.29 is 34.1 Å². The van der Waals surface area contributed by atoms with Gasteiger partial charge in [0.1, 0.15) is 34.0 Å². The molecule has 31 heavy (non-hydrogen) atoms. The third-order valence-corrected chi connectivity index (χ3v) is 6.38. The van der Waals surface area contributed by atoms with Gasteiger partial charge in [-0.2, -0.15) is 0 Å². The third kappa shape index (κ3) is 2.96. The summed E-state index contributed by atoms with van der Waals surface area (Å²) in [6.07, 6.45) is 3.12. The van der Waals surface area contributed by atoms with Gasteiger partial charge in [0.05, 0.1) is 17.2 Å². The lowest BCUT2D eigenvalue weighted by atomic mass is 9.70.